The molecule has 0 aliphatic heterocycles. The lowest BCUT2D eigenvalue weighted by atomic mass is 10.1. The fraction of sp³-hybridized carbons (Fsp3) is 0.167. The number of fused-ring (bicyclic) bond motifs is 1. The van der Waals surface area contributed by atoms with Crippen LogP contribution in [0.5, 0.6) is 5.75 Å². The van der Waals surface area contributed by atoms with Gasteiger partial charge >= 0.3 is 5.97 Å². The number of rotatable bonds is 7. The molecule has 1 amide bonds. The number of aromatic nitrogens is 3. The van der Waals surface area contributed by atoms with Crippen molar-refractivity contribution in [2.75, 3.05) is 19.0 Å². The van der Waals surface area contributed by atoms with Crippen molar-refractivity contribution in [2.24, 2.45) is 0 Å². The maximum absolute atomic E-state index is 12.9. The van der Waals surface area contributed by atoms with E-state index in [-0.39, 0.29) is 17.7 Å². The van der Waals surface area contributed by atoms with Gasteiger partial charge in [0.05, 0.1) is 30.7 Å². The third-order valence-corrected chi connectivity index (χ3v) is 4.99. The maximum atomic E-state index is 12.9. The van der Waals surface area contributed by atoms with E-state index in [1.165, 1.54) is 22.4 Å². The van der Waals surface area contributed by atoms with E-state index in [1.807, 2.05) is 31.2 Å². The number of ether oxygens (including phenoxy) is 2. The largest absolute Gasteiger partial charge is 0.494 e. The number of nitrogens with one attached hydrogen (secondary N) is 1. The average molecular weight is 446 g/mol. The Labute approximate surface area is 189 Å². The molecule has 0 aliphatic rings. The van der Waals surface area contributed by atoms with E-state index >= 15 is 0 Å². The summed E-state index contributed by atoms with van der Waals surface area (Å²) in [4.78, 5) is 37.4. The molecule has 0 unspecified atom stereocenters. The monoisotopic (exact) mass is 446 g/mol. The number of carbonyl (C=O) groups is 2. The number of para-hydroxylation sites is 1. The minimum absolute atomic E-state index is 0.228. The Morgan fingerprint density at radius 3 is 2.55 bits per heavy atom. The van der Waals surface area contributed by atoms with Crippen LogP contribution in [0.15, 0.2) is 71.8 Å². The third-order valence-electron chi connectivity index (χ3n) is 4.99. The summed E-state index contributed by atoms with van der Waals surface area (Å²) in [5.41, 5.74) is 1.98. The van der Waals surface area contributed by atoms with Gasteiger partial charge < -0.3 is 19.4 Å². The van der Waals surface area contributed by atoms with E-state index in [4.69, 9.17) is 9.47 Å². The minimum Gasteiger partial charge on any atom is -0.494 e. The molecule has 0 radical (unpaired) electrons. The van der Waals surface area contributed by atoms with Crippen molar-refractivity contribution < 1.29 is 19.1 Å². The Bertz CT molecular complexity index is 1370. The molecule has 1 N–H and O–H groups in total. The lowest BCUT2D eigenvalue weighted by Gasteiger charge is -2.10. The zero-order valence-electron chi connectivity index (χ0n) is 18.1. The zero-order valence-corrected chi connectivity index (χ0v) is 18.1. The summed E-state index contributed by atoms with van der Waals surface area (Å²) in [7, 11) is 1.27. The van der Waals surface area contributed by atoms with Gasteiger partial charge in [0.15, 0.2) is 0 Å². The highest BCUT2D eigenvalue weighted by Crippen LogP contribution is 2.22. The quantitative estimate of drug-likeness (QED) is 0.438. The van der Waals surface area contributed by atoms with E-state index < -0.39 is 11.9 Å². The first kappa shape index (κ1) is 21.8. The van der Waals surface area contributed by atoms with Crippen molar-refractivity contribution in [3.05, 3.63) is 82.9 Å². The lowest BCUT2D eigenvalue weighted by molar-refractivity contribution is -0.116. The molecule has 0 atom stereocenters. The SMILES string of the molecule is CCOc1ccc(-c2cc3c(=O)n(CC(=O)Nc4ccccc4C(=O)OC)ccn3n2)cc1. The number of hydrogen-bond donors (Lipinski definition) is 1. The van der Waals surface area contributed by atoms with Crippen LogP contribution in [0.1, 0.15) is 17.3 Å². The standard InChI is InChI=1S/C24H22N4O5/c1-3-33-17-10-8-16(9-11-17)20-14-21-23(30)27(12-13-28(21)26-20)15-22(29)25-19-7-5-4-6-18(19)24(31)32-2/h4-14H,3,15H2,1-2H3,(H,25,29). The first-order valence-electron chi connectivity index (χ1n) is 10.3. The van der Waals surface area contributed by atoms with E-state index in [0.717, 1.165) is 11.3 Å². The van der Waals surface area contributed by atoms with Gasteiger partial charge in [0.25, 0.3) is 5.56 Å². The van der Waals surface area contributed by atoms with Crippen LogP contribution in [0.2, 0.25) is 0 Å². The van der Waals surface area contributed by atoms with Gasteiger partial charge in [-0.15, -0.1) is 0 Å². The molecule has 0 saturated carbocycles. The molecule has 0 fully saturated rings. The summed E-state index contributed by atoms with van der Waals surface area (Å²) < 4.78 is 13.0. The molecule has 33 heavy (non-hydrogen) atoms. The van der Waals surface area contributed by atoms with Gasteiger partial charge in [-0.2, -0.15) is 5.10 Å². The molecule has 2 aromatic carbocycles. The van der Waals surface area contributed by atoms with Crippen molar-refractivity contribution >= 4 is 23.1 Å². The van der Waals surface area contributed by atoms with E-state index in [0.29, 0.717) is 23.5 Å². The Kier molecular flexibility index (Phi) is 6.21. The first-order chi connectivity index (χ1) is 16.0. The van der Waals surface area contributed by atoms with Crippen molar-refractivity contribution in [3.8, 4) is 17.0 Å². The van der Waals surface area contributed by atoms with Gasteiger partial charge in [0, 0.05) is 18.0 Å². The highest BCUT2D eigenvalue weighted by atomic mass is 16.5. The highest BCUT2D eigenvalue weighted by Gasteiger charge is 2.15. The van der Waals surface area contributed by atoms with Crippen molar-refractivity contribution in [1.82, 2.24) is 14.2 Å². The van der Waals surface area contributed by atoms with Crippen LogP contribution in [-0.4, -0.2) is 39.8 Å². The molecule has 2 heterocycles. The normalized spacial score (nSPS) is 10.7. The fourth-order valence-corrected chi connectivity index (χ4v) is 3.40. The number of hydrogen-bond acceptors (Lipinski definition) is 6. The highest BCUT2D eigenvalue weighted by molar-refractivity contribution is 6.01. The second-order valence-electron chi connectivity index (χ2n) is 7.13. The van der Waals surface area contributed by atoms with Crippen LogP contribution in [0, 0.1) is 0 Å². The first-order valence-corrected chi connectivity index (χ1v) is 10.3. The molecular formula is C24H22N4O5. The van der Waals surface area contributed by atoms with Crippen molar-refractivity contribution in [1.29, 1.82) is 0 Å². The number of nitrogens with zero attached hydrogens (tertiary/aromatic N) is 3. The summed E-state index contributed by atoms with van der Waals surface area (Å²) in [5.74, 6) is -0.262. The van der Waals surface area contributed by atoms with Crippen LogP contribution < -0.4 is 15.6 Å². The minimum atomic E-state index is -0.564. The zero-order chi connectivity index (χ0) is 23.4. The molecule has 0 spiro atoms. The summed E-state index contributed by atoms with van der Waals surface area (Å²) in [6.07, 6.45) is 3.11. The third kappa shape index (κ3) is 4.62. The van der Waals surface area contributed by atoms with Gasteiger partial charge in [-0.05, 0) is 49.4 Å². The van der Waals surface area contributed by atoms with E-state index in [2.05, 4.69) is 10.4 Å². The Balaban J connectivity index is 1.56. The molecule has 9 heteroatoms. The number of amides is 1. The Morgan fingerprint density at radius 2 is 1.82 bits per heavy atom. The van der Waals surface area contributed by atoms with E-state index in [1.54, 1.807) is 36.5 Å². The lowest BCUT2D eigenvalue weighted by Crippen LogP contribution is -2.28. The second-order valence-corrected chi connectivity index (χ2v) is 7.13. The van der Waals surface area contributed by atoms with Crippen LogP contribution in [0.3, 0.4) is 0 Å². The summed E-state index contributed by atoms with van der Waals surface area (Å²) >= 11 is 0. The van der Waals surface area contributed by atoms with Crippen LogP contribution >= 0.6 is 0 Å². The smallest absolute Gasteiger partial charge is 0.339 e. The Morgan fingerprint density at radius 1 is 1.06 bits per heavy atom. The molecule has 0 saturated heterocycles. The number of carbonyl (C=O) groups excluding carboxylic acids is 2. The summed E-state index contributed by atoms with van der Waals surface area (Å²) in [5, 5.41) is 7.12. The number of methoxy groups -OCH3 is 1. The molecule has 4 rings (SSSR count). The van der Waals surface area contributed by atoms with Gasteiger partial charge in [0.2, 0.25) is 5.91 Å². The Hall–Kier alpha value is -4.40. The molecular weight excluding hydrogens is 424 g/mol. The predicted molar refractivity (Wildman–Crippen MR) is 122 cm³/mol. The molecule has 0 bridgehead atoms. The average Bonchev–Trinajstić information content (AvgIpc) is 3.27. The number of benzene rings is 2. The topological polar surface area (TPSA) is 104 Å². The molecule has 9 nitrogen and oxygen atoms in total. The van der Waals surface area contributed by atoms with Crippen molar-refractivity contribution in [3.63, 3.8) is 0 Å². The number of esters is 1. The molecule has 168 valence electrons. The van der Waals surface area contributed by atoms with Crippen molar-refractivity contribution in [2.45, 2.75) is 13.5 Å². The fourth-order valence-electron chi connectivity index (χ4n) is 3.40. The van der Waals surface area contributed by atoms with Gasteiger partial charge in [-0.25, -0.2) is 9.31 Å². The van der Waals surface area contributed by atoms with Crippen LogP contribution in [0.25, 0.3) is 16.8 Å². The molecule has 0 aliphatic carbocycles. The van der Waals surface area contributed by atoms with Gasteiger partial charge in [0.1, 0.15) is 17.8 Å². The van der Waals surface area contributed by atoms with E-state index in [9.17, 15) is 14.4 Å². The van der Waals surface area contributed by atoms with Crippen LogP contribution in [-0.2, 0) is 16.1 Å². The van der Waals surface area contributed by atoms with Gasteiger partial charge in [-0.3, -0.25) is 9.59 Å². The maximum Gasteiger partial charge on any atom is 0.339 e. The van der Waals surface area contributed by atoms with Crippen LogP contribution in [0.4, 0.5) is 5.69 Å². The second kappa shape index (κ2) is 9.39. The number of anilines is 1. The summed E-state index contributed by atoms with van der Waals surface area (Å²) in [6, 6.07) is 15.6. The molecule has 4 aromatic rings. The van der Waals surface area contributed by atoms with Gasteiger partial charge in [-0.1, -0.05) is 12.1 Å². The molecule has 2 aromatic heterocycles. The predicted octanol–water partition coefficient (Wildman–Crippen LogP) is 2.99. The summed E-state index contributed by atoms with van der Waals surface area (Å²) in [6.45, 7) is 2.27.